The predicted octanol–water partition coefficient (Wildman–Crippen LogP) is 4.47. The minimum atomic E-state index is -0.0831. The maximum absolute atomic E-state index is 12.2. The number of benzene rings is 2. The van der Waals surface area contributed by atoms with Crippen LogP contribution in [0.5, 0.6) is 5.75 Å². The van der Waals surface area contributed by atoms with Gasteiger partial charge in [0.15, 0.2) is 0 Å². The molecular formula is C20H23NO2S. The third-order valence-electron chi connectivity index (χ3n) is 3.26. The number of hydrogen-bond acceptors (Lipinski definition) is 3. The Morgan fingerprint density at radius 3 is 2.67 bits per heavy atom. The highest BCUT2D eigenvalue weighted by Crippen LogP contribution is 2.18. The van der Waals surface area contributed by atoms with Gasteiger partial charge in [0.05, 0.1) is 0 Å². The lowest BCUT2D eigenvalue weighted by Crippen LogP contribution is -2.25. The van der Waals surface area contributed by atoms with Crippen molar-refractivity contribution in [2.24, 2.45) is 0 Å². The standard InChI is InChI=1S/C20H23NO2S/c1-15(2)14-23-18-6-4-5-17(13-18)20(22)21-11-12-24-19-9-7-16(3)8-10-19/h4-10,13H,1,11-12,14H2,2-3H3,(H,21,22). The van der Waals surface area contributed by atoms with Gasteiger partial charge < -0.3 is 10.1 Å². The van der Waals surface area contributed by atoms with Gasteiger partial charge in [0.25, 0.3) is 5.91 Å². The normalized spacial score (nSPS) is 10.2. The van der Waals surface area contributed by atoms with Crippen LogP contribution in [0.4, 0.5) is 0 Å². The molecule has 0 heterocycles. The summed E-state index contributed by atoms with van der Waals surface area (Å²) < 4.78 is 5.57. The Balaban J connectivity index is 1.78. The molecule has 2 aromatic carbocycles. The van der Waals surface area contributed by atoms with E-state index in [0.717, 1.165) is 11.3 Å². The molecule has 0 bridgehead atoms. The van der Waals surface area contributed by atoms with Gasteiger partial charge in [0, 0.05) is 22.8 Å². The van der Waals surface area contributed by atoms with E-state index in [1.54, 1.807) is 23.9 Å². The van der Waals surface area contributed by atoms with Crippen molar-refractivity contribution in [2.45, 2.75) is 18.7 Å². The van der Waals surface area contributed by atoms with Crippen LogP contribution in [0.2, 0.25) is 0 Å². The topological polar surface area (TPSA) is 38.3 Å². The average molecular weight is 341 g/mol. The van der Waals surface area contributed by atoms with Crippen molar-refractivity contribution in [3.05, 3.63) is 71.8 Å². The summed E-state index contributed by atoms with van der Waals surface area (Å²) in [6.07, 6.45) is 0. The van der Waals surface area contributed by atoms with Crippen LogP contribution in [0.1, 0.15) is 22.8 Å². The SMILES string of the molecule is C=C(C)COc1cccc(C(=O)NCCSc2ccc(C)cc2)c1. The second-order valence-electron chi connectivity index (χ2n) is 5.69. The Morgan fingerprint density at radius 1 is 1.21 bits per heavy atom. The van der Waals surface area contributed by atoms with E-state index in [1.165, 1.54) is 10.5 Å². The number of carbonyl (C=O) groups is 1. The van der Waals surface area contributed by atoms with E-state index >= 15 is 0 Å². The zero-order chi connectivity index (χ0) is 17.4. The Hall–Kier alpha value is -2.20. The Kier molecular flexibility index (Phi) is 6.94. The van der Waals surface area contributed by atoms with Crippen molar-refractivity contribution in [3.8, 4) is 5.75 Å². The summed E-state index contributed by atoms with van der Waals surface area (Å²) in [5.41, 5.74) is 2.80. The fourth-order valence-electron chi connectivity index (χ4n) is 2.00. The molecule has 0 aliphatic rings. The number of rotatable bonds is 8. The minimum Gasteiger partial charge on any atom is -0.489 e. The zero-order valence-electron chi connectivity index (χ0n) is 14.2. The molecule has 126 valence electrons. The summed E-state index contributed by atoms with van der Waals surface area (Å²) in [6, 6.07) is 15.6. The van der Waals surface area contributed by atoms with Gasteiger partial charge in [0.1, 0.15) is 12.4 Å². The molecule has 24 heavy (non-hydrogen) atoms. The fourth-order valence-corrected chi connectivity index (χ4v) is 2.77. The molecule has 4 heteroatoms. The predicted molar refractivity (Wildman–Crippen MR) is 101 cm³/mol. The highest BCUT2D eigenvalue weighted by atomic mass is 32.2. The van der Waals surface area contributed by atoms with Crippen LogP contribution < -0.4 is 10.1 Å². The first kappa shape index (κ1) is 18.1. The highest BCUT2D eigenvalue weighted by Gasteiger charge is 2.06. The molecule has 0 radical (unpaired) electrons. The first-order valence-corrected chi connectivity index (χ1v) is 8.88. The second-order valence-corrected chi connectivity index (χ2v) is 6.86. The smallest absolute Gasteiger partial charge is 0.251 e. The maximum Gasteiger partial charge on any atom is 0.251 e. The third-order valence-corrected chi connectivity index (χ3v) is 4.27. The number of aryl methyl sites for hydroxylation is 1. The number of ether oxygens (including phenoxy) is 1. The molecule has 0 atom stereocenters. The summed E-state index contributed by atoms with van der Waals surface area (Å²) in [4.78, 5) is 13.4. The van der Waals surface area contributed by atoms with E-state index in [1.807, 2.05) is 19.1 Å². The Bertz CT molecular complexity index is 695. The summed E-state index contributed by atoms with van der Waals surface area (Å²) >= 11 is 1.73. The van der Waals surface area contributed by atoms with Crippen LogP contribution in [0, 0.1) is 6.92 Å². The van der Waals surface area contributed by atoms with Gasteiger partial charge in [-0.05, 0) is 49.8 Å². The molecule has 0 saturated carbocycles. The van der Waals surface area contributed by atoms with E-state index in [4.69, 9.17) is 4.74 Å². The number of thioether (sulfide) groups is 1. The van der Waals surface area contributed by atoms with Crippen molar-refractivity contribution in [1.29, 1.82) is 0 Å². The van der Waals surface area contributed by atoms with Gasteiger partial charge in [-0.3, -0.25) is 4.79 Å². The molecule has 2 aromatic rings. The molecule has 0 aliphatic carbocycles. The van der Waals surface area contributed by atoms with Crippen molar-refractivity contribution in [1.82, 2.24) is 5.32 Å². The van der Waals surface area contributed by atoms with Crippen LogP contribution in [0.3, 0.4) is 0 Å². The number of hydrogen-bond donors (Lipinski definition) is 1. The summed E-state index contributed by atoms with van der Waals surface area (Å²) in [6.45, 7) is 8.85. The van der Waals surface area contributed by atoms with Gasteiger partial charge >= 0.3 is 0 Å². The summed E-state index contributed by atoms with van der Waals surface area (Å²) in [5.74, 6) is 1.43. The maximum atomic E-state index is 12.2. The summed E-state index contributed by atoms with van der Waals surface area (Å²) in [5, 5.41) is 2.94. The minimum absolute atomic E-state index is 0.0831. The van der Waals surface area contributed by atoms with E-state index in [9.17, 15) is 4.79 Å². The monoisotopic (exact) mass is 341 g/mol. The molecule has 0 fully saturated rings. The second kappa shape index (κ2) is 9.18. The molecule has 2 rings (SSSR count). The largest absolute Gasteiger partial charge is 0.489 e. The quantitative estimate of drug-likeness (QED) is 0.437. The van der Waals surface area contributed by atoms with Gasteiger partial charge in [-0.25, -0.2) is 0 Å². The first-order chi connectivity index (χ1) is 11.5. The van der Waals surface area contributed by atoms with Gasteiger partial charge in [0.2, 0.25) is 0 Å². The molecule has 1 N–H and O–H groups in total. The molecule has 0 unspecified atom stereocenters. The van der Waals surface area contributed by atoms with Crippen molar-refractivity contribution in [3.63, 3.8) is 0 Å². The van der Waals surface area contributed by atoms with E-state index < -0.39 is 0 Å². The number of amides is 1. The van der Waals surface area contributed by atoms with Crippen molar-refractivity contribution < 1.29 is 9.53 Å². The van der Waals surface area contributed by atoms with Crippen molar-refractivity contribution in [2.75, 3.05) is 18.9 Å². The first-order valence-electron chi connectivity index (χ1n) is 7.89. The van der Waals surface area contributed by atoms with E-state index in [-0.39, 0.29) is 5.91 Å². The Labute approximate surface area is 148 Å². The highest BCUT2D eigenvalue weighted by molar-refractivity contribution is 7.99. The van der Waals surface area contributed by atoms with Crippen molar-refractivity contribution >= 4 is 17.7 Å². The molecule has 0 saturated heterocycles. The molecule has 0 spiro atoms. The van der Waals surface area contributed by atoms with Gasteiger partial charge in [-0.1, -0.05) is 30.3 Å². The average Bonchev–Trinajstić information content (AvgIpc) is 2.58. The molecule has 0 aromatic heterocycles. The lowest BCUT2D eigenvalue weighted by atomic mass is 10.2. The number of carbonyl (C=O) groups excluding carboxylic acids is 1. The van der Waals surface area contributed by atoms with Crippen LogP contribution in [0.25, 0.3) is 0 Å². The Morgan fingerprint density at radius 2 is 1.96 bits per heavy atom. The number of nitrogens with one attached hydrogen (secondary N) is 1. The van der Waals surface area contributed by atoms with Gasteiger partial charge in [-0.15, -0.1) is 11.8 Å². The molecule has 1 amide bonds. The summed E-state index contributed by atoms with van der Waals surface area (Å²) in [7, 11) is 0. The van der Waals surface area contributed by atoms with E-state index in [0.29, 0.717) is 24.5 Å². The zero-order valence-corrected chi connectivity index (χ0v) is 15.0. The van der Waals surface area contributed by atoms with Crippen LogP contribution in [0.15, 0.2) is 65.6 Å². The lowest BCUT2D eigenvalue weighted by molar-refractivity contribution is 0.0955. The van der Waals surface area contributed by atoms with E-state index in [2.05, 4.69) is 43.1 Å². The van der Waals surface area contributed by atoms with Crippen LogP contribution in [-0.2, 0) is 0 Å². The van der Waals surface area contributed by atoms with Crippen LogP contribution in [-0.4, -0.2) is 24.8 Å². The fraction of sp³-hybridized carbons (Fsp3) is 0.250. The molecule has 0 aliphatic heterocycles. The van der Waals surface area contributed by atoms with Crippen LogP contribution >= 0.6 is 11.8 Å². The molecule has 3 nitrogen and oxygen atoms in total. The van der Waals surface area contributed by atoms with Gasteiger partial charge in [-0.2, -0.15) is 0 Å². The third kappa shape index (κ3) is 6.13. The lowest BCUT2D eigenvalue weighted by Gasteiger charge is -2.09. The molecular weight excluding hydrogens is 318 g/mol.